The Morgan fingerprint density at radius 3 is 2.39 bits per heavy atom. The zero-order valence-electron chi connectivity index (χ0n) is 35.3. The third-order valence-corrected chi connectivity index (χ3v) is 17.3. The molecule has 9 nitrogen and oxygen atoms in total. The van der Waals surface area contributed by atoms with E-state index in [1.54, 1.807) is 11.3 Å². The van der Waals surface area contributed by atoms with Gasteiger partial charge in [0.1, 0.15) is 5.82 Å². The number of aryl methyl sites for hydroxylation is 1. The van der Waals surface area contributed by atoms with E-state index >= 15 is 0 Å². The molecule has 2 saturated heterocycles. The number of carbonyl (C=O) groups is 2. The second-order valence-electron chi connectivity index (χ2n) is 19.0. The van der Waals surface area contributed by atoms with E-state index < -0.39 is 0 Å². The topological polar surface area (TPSA) is 100 Å². The van der Waals surface area contributed by atoms with Crippen molar-refractivity contribution in [2.45, 2.75) is 114 Å². The summed E-state index contributed by atoms with van der Waals surface area (Å²) in [4.78, 5) is 53.8. The van der Waals surface area contributed by atoms with Crippen LogP contribution >= 0.6 is 27.3 Å². The first-order valence-electron chi connectivity index (χ1n) is 22.8. The molecule has 0 bridgehead atoms. The fourth-order valence-corrected chi connectivity index (χ4v) is 13.4. The molecule has 5 heterocycles. The lowest BCUT2D eigenvalue weighted by atomic mass is 9.65. The Kier molecular flexibility index (Phi) is 11.3. The van der Waals surface area contributed by atoms with Gasteiger partial charge >= 0.3 is 0 Å². The summed E-state index contributed by atoms with van der Waals surface area (Å²) < 4.78 is 3.16. The number of carbonyl (C=O) groups excluding carboxylic acids is 2. The Hall–Kier alpha value is -4.19. The predicted octanol–water partition coefficient (Wildman–Crippen LogP) is 10.00. The van der Waals surface area contributed by atoms with E-state index in [4.69, 9.17) is 4.98 Å². The van der Waals surface area contributed by atoms with Crippen LogP contribution in [-0.4, -0.2) is 69.4 Å². The van der Waals surface area contributed by atoms with Crippen LogP contribution in [0.1, 0.15) is 130 Å². The molecule has 11 heteroatoms. The zero-order valence-corrected chi connectivity index (χ0v) is 37.7. The Morgan fingerprint density at radius 1 is 0.934 bits per heavy atom. The lowest BCUT2D eigenvalue weighted by Gasteiger charge is -2.47. The fraction of sp³-hybridized carbons (Fsp3) is 0.500. The summed E-state index contributed by atoms with van der Waals surface area (Å²) >= 11 is 5.29. The molecule has 61 heavy (non-hydrogen) atoms. The van der Waals surface area contributed by atoms with Gasteiger partial charge in [-0.3, -0.25) is 19.0 Å². The van der Waals surface area contributed by atoms with E-state index in [-0.39, 0.29) is 29.3 Å². The zero-order chi connectivity index (χ0) is 41.7. The van der Waals surface area contributed by atoms with E-state index in [0.717, 1.165) is 95.3 Å². The number of thiazole rings is 1. The standard InChI is InChI=1S/C50H57BrN6O3S/c1-33-46(61-32-53-33)37-10-8-36(9-11-37)41(52-31-58)29-44(59)56-26-22-49(23-27-56)20-14-34(15-21-49)30-55-24-16-35(17-25-55)38-12-13-39-43(28-38)57-42-7-5-6-40(51)45(42)47(60)54-48(57)50(39)18-3-2-4-19-50/h5-13,28,31-32,34-35,41H,2-4,14-27,29-30H2,1H3,(H,52,58). The van der Waals surface area contributed by atoms with Crippen LogP contribution in [0.4, 0.5) is 0 Å². The minimum Gasteiger partial charge on any atom is -0.351 e. The van der Waals surface area contributed by atoms with Gasteiger partial charge in [-0.1, -0.05) is 61.7 Å². The average molecular weight is 902 g/mol. The first kappa shape index (κ1) is 40.9. The summed E-state index contributed by atoms with van der Waals surface area (Å²) in [6, 6.07) is 21.2. The SMILES string of the molecule is Cc1ncsc1-c1ccc(C(CC(=O)N2CCC3(CCC(CN4CCC(c5ccc6c(c5)-n5c(nc(=O)c7c(Br)cccc75)C65CCCCC5)CC4)CC3)CC2)NC=O)cc1. The van der Waals surface area contributed by atoms with Crippen LogP contribution < -0.4 is 10.9 Å². The molecule has 10 rings (SSSR count). The summed E-state index contributed by atoms with van der Waals surface area (Å²) in [5.74, 6) is 2.36. The molecule has 1 unspecified atom stereocenters. The molecule has 2 aliphatic carbocycles. The highest BCUT2D eigenvalue weighted by atomic mass is 79.9. The highest BCUT2D eigenvalue weighted by molar-refractivity contribution is 9.10. The molecular formula is C50H57BrN6O3S. The molecule has 2 spiro atoms. The summed E-state index contributed by atoms with van der Waals surface area (Å²) in [5, 5.41) is 3.59. The Labute approximate surface area is 371 Å². The molecule has 1 N–H and O–H groups in total. The molecule has 2 aromatic heterocycles. The van der Waals surface area contributed by atoms with E-state index in [0.29, 0.717) is 23.1 Å². The molecule has 3 aromatic carbocycles. The van der Waals surface area contributed by atoms with Crippen LogP contribution in [0.25, 0.3) is 27.0 Å². The molecule has 318 valence electrons. The van der Waals surface area contributed by atoms with Gasteiger partial charge in [0.15, 0.2) is 0 Å². The number of amides is 2. The number of nitrogens with one attached hydrogen (secondary N) is 1. The number of benzene rings is 3. The average Bonchev–Trinajstić information content (AvgIpc) is 3.83. The summed E-state index contributed by atoms with van der Waals surface area (Å²) in [6.07, 6.45) is 16.3. The normalized spacial score (nSPS) is 20.8. The van der Waals surface area contributed by atoms with Crippen LogP contribution in [0.2, 0.25) is 0 Å². The van der Waals surface area contributed by atoms with Crippen LogP contribution in [0, 0.1) is 18.3 Å². The number of hydrogen-bond donors (Lipinski definition) is 1. The lowest BCUT2D eigenvalue weighted by Crippen LogP contribution is -2.46. The van der Waals surface area contributed by atoms with Crippen molar-refractivity contribution in [1.29, 1.82) is 0 Å². The van der Waals surface area contributed by atoms with Crippen LogP contribution in [0.15, 0.2) is 75.4 Å². The summed E-state index contributed by atoms with van der Waals surface area (Å²) in [6.45, 7) is 7.11. The van der Waals surface area contributed by atoms with E-state index in [9.17, 15) is 14.4 Å². The number of hydrogen-bond acceptors (Lipinski definition) is 7. The molecular weight excluding hydrogens is 845 g/mol. The highest BCUT2D eigenvalue weighted by Crippen LogP contribution is 2.52. The molecule has 0 radical (unpaired) electrons. The van der Waals surface area contributed by atoms with Crippen molar-refractivity contribution in [3.63, 3.8) is 0 Å². The second kappa shape index (κ2) is 16.8. The predicted molar refractivity (Wildman–Crippen MR) is 246 cm³/mol. The lowest BCUT2D eigenvalue weighted by molar-refractivity contribution is -0.134. The number of halogens is 1. The number of piperidine rings is 2. The van der Waals surface area contributed by atoms with Crippen molar-refractivity contribution in [2.75, 3.05) is 32.7 Å². The van der Waals surface area contributed by atoms with Gasteiger partial charge in [-0.05, 0) is 158 Å². The fourth-order valence-electron chi connectivity index (χ4n) is 12.1. The maximum atomic E-state index is 13.6. The van der Waals surface area contributed by atoms with Crippen molar-refractivity contribution in [2.24, 2.45) is 11.3 Å². The molecule has 3 aliphatic heterocycles. The molecule has 4 fully saturated rings. The summed E-state index contributed by atoms with van der Waals surface area (Å²) in [5.41, 5.74) is 9.98. The third kappa shape index (κ3) is 7.60. The Morgan fingerprint density at radius 2 is 1.69 bits per heavy atom. The van der Waals surface area contributed by atoms with Crippen LogP contribution in [0.3, 0.4) is 0 Å². The van der Waals surface area contributed by atoms with Crippen molar-refractivity contribution < 1.29 is 9.59 Å². The van der Waals surface area contributed by atoms with Gasteiger partial charge in [0.05, 0.1) is 50.5 Å². The summed E-state index contributed by atoms with van der Waals surface area (Å²) in [7, 11) is 0. The largest absolute Gasteiger partial charge is 0.351 e. The first-order chi connectivity index (χ1) is 29.7. The molecule has 1 atom stereocenters. The molecule has 5 aromatic rings. The van der Waals surface area contributed by atoms with Gasteiger partial charge in [0.2, 0.25) is 12.3 Å². The third-order valence-electron chi connectivity index (χ3n) is 15.7. The number of likely N-dealkylation sites (tertiary alicyclic amines) is 2. The molecule has 5 aliphatic rings. The van der Waals surface area contributed by atoms with E-state index in [2.05, 4.69) is 72.1 Å². The minimum absolute atomic E-state index is 0.124. The second-order valence-corrected chi connectivity index (χ2v) is 20.7. The van der Waals surface area contributed by atoms with Crippen LogP contribution in [-0.2, 0) is 15.0 Å². The maximum absolute atomic E-state index is 13.6. The minimum atomic E-state index is -0.341. The smallest absolute Gasteiger partial charge is 0.281 e. The van der Waals surface area contributed by atoms with E-state index in [1.807, 2.05) is 41.6 Å². The number of rotatable bonds is 9. The number of fused-ring (bicyclic) bond motifs is 7. The van der Waals surface area contributed by atoms with Gasteiger partial charge in [0.25, 0.3) is 5.56 Å². The van der Waals surface area contributed by atoms with Gasteiger partial charge in [-0.2, -0.15) is 4.98 Å². The Bertz CT molecular complexity index is 2480. The number of aromatic nitrogens is 3. The molecule has 2 saturated carbocycles. The van der Waals surface area contributed by atoms with Crippen molar-refractivity contribution in [3.8, 4) is 16.1 Å². The van der Waals surface area contributed by atoms with Gasteiger partial charge in [-0.15, -0.1) is 11.3 Å². The van der Waals surface area contributed by atoms with Gasteiger partial charge in [-0.25, -0.2) is 4.98 Å². The van der Waals surface area contributed by atoms with Crippen molar-refractivity contribution in [3.05, 3.63) is 109 Å². The van der Waals surface area contributed by atoms with Crippen molar-refractivity contribution >= 4 is 50.5 Å². The van der Waals surface area contributed by atoms with Crippen molar-refractivity contribution in [1.82, 2.24) is 29.7 Å². The Balaban J connectivity index is 0.727. The quantitative estimate of drug-likeness (QED) is 0.148. The maximum Gasteiger partial charge on any atom is 0.281 e. The monoisotopic (exact) mass is 900 g/mol. The van der Waals surface area contributed by atoms with Gasteiger partial charge < -0.3 is 15.1 Å². The van der Waals surface area contributed by atoms with E-state index in [1.165, 1.54) is 81.1 Å². The first-order valence-corrected chi connectivity index (χ1v) is 24.5. The van der Waals surface area contributed by atoms with Crippen LogP contribution in [0.5, 0.6) is 0 Å². The number of nitrogens with zero attached hydrogens (tertiary/aromatic N) is 5. The highest BCUT2D eigenvalue weighted by Gasteiger charge is 2.47. The molecule has 2 amide bonds. The van der Waals surface area contributed by atoms with Gasteiger partial charge in [0, 0.05) is 24.1 Å².